The highest BCUT2D eigenvalue weighted by Gasteiger charge is 2.25. The zero-order valence-electron chi connectivity index (χ0n) is 11.6. The van der Waals surface area contributed by atoms with Crippen LogP contribution in [0.3, 0.4) is 0 Å². The second kappa shape index (κ2) is 4.77. The minimum Gasteiger partial charge on any atom is -0.339 e. The Kier molecular flexibility index (Phi) is 2.88. The van der Waals surface area contributed by atoms with Crippen molar-refractivity contribution >= 4 is 21.6 Å². The molecule has 1 aliphatic carbocycles. The van der Waals surface area contributed by atoms with E-state index in [0.29, 0.717) is 28.9 Å². The van der Waals surface area contributed by atoms with E-state index in [1.54, 1.807) is 6.33 Å². The van der Waals surface area contributed by atoms with Gasteiger partial charge in [0.15, 0.2) is 5.82 Å². The highest BCUT2D eigenvalue weighted by atomic mass is 32.1. The summed E-state index contributed by atoms with van der Waals surface area (Å²) in [4.78, 5) is 21.1. The first-order chi connectivity index (χ1) is 10.2. The normalized spacial score (nSPS) is 15.5. The number of hydrogen-bond donors (Lipinski definition) is 0. The number of thiophene rings is 1. The van der Waals surface area contributed by atoms with Gasteiger partial charge in [0, 0.05) is 5.92 Å². The van der Waals surface area contributed by atoms with Gasteiger partial charge in [0.1, 0.15) is 4.70 Å². The molecule has 3 aromatic heterocycles. The predicted molar refractivity (Wildman–Crippen MR) is 78.6 cm³/mol. The van der Waals surface area contributed by atoms with Crippen LogP contribution in [0.2, 0.25) is 0 Å². The molecule has 0 atom stereocenters. The van der Waals surface area contributed by atoms with Gasteiger partial charge < -0.3 is 4.52 Å². The smallest absolute Gasteiger partial charge is 0.271 e. The van der Waals surface area contributed by atoms with Crippen LogP contribution in [-0.2, 0) is 6.54 Å². The lowest BCUT2D eigenvalue weighted by atomic mass is 9.85. The Labute approximate surface area is 124 Å². The van der Waals surface area contributed by atoms with Crippen molar-refractivity contribution < 1.29 is 4.52 Å². The first-order valence-corrected chi connectivity index (χ1v) is 7.86. The lowest BCUT2D eigenvalue weighted by molar-refractivity contribution is 0.291. The van der Waals surface area contributed by atoms with Crippen molar-refractivity contribution in [1.82, 2.24) is 19.7 Å². The van der Waals surface area contributed by atoms with Gasteiger partial charge >= 0.3 is 0 Å². The van der Waals surface area contributed by atoms with Crippen LogP contribution in [0.1, 0.15) is 42.5 Å². The number of fused-ring (bicyclic) bond motifs is 1. The standard InChI is InChI=1S/C14H14N4O2S/c1-8-6-21-12-11(8)15-7-18(14(12)19)5-10-16-13(20-17-10)9-3-2-4-9/h6-7,9H,2-5H2,1H3. The molecule has 0 spiro atoms. The molecule has 4 rings (SSSR count). The fraction of sp³-hybridized carbons (Fsp3) is 0.429. The summed E-state index contributed by atoms with van der Waals surface area (Å²) >= 11 is 1.43. The molecule has 0 aromatic carbocycles. The van der Waals surface area contributed by atoms with E-state index in [0.717, 1.165) is 23.9 Å². The number of aryl methyl sites for hydroxylation is 1. The van der Waals surface area contributed by atoms with Crippen molar-refractivity contribution in [3.63, 3.8) is 0 Å². The molecule has 1 saturated carbocycles. The highest BCUT2D eigenvalue weighted by molar-refractivity contribution is 7.17. The molecule has 0 unspecified atom stereocenters. The Morgan fingerprint density at radius 2 is 2.33 bits per heavy atom. The Balaban J connectivity index is 1.66. The maximum Gasteiger partial charge on any atom is 0.271 e. The quantitative estimate of drug-likeness (QED) is 0.743. The average molecular weight is 302 g/mol. The third-order valence-corrected chi connectivity index (χ3v) is 5.05. The van der Waals surface area contributed by atoms with E-state index in [1.807, 2.05) is 12.3 Å². The number of aromatic nitrogens is 4. The van der Waals surface area contributed by atoms with Crippen molar-refractivity contribution in [3.8, 4) is 0 Å². The monoisotopic (exact) mass is 302 g/mol. The minimum atomic E-state index is -0.0481. The van der Waals surface area contributed by atoms with Crippen molar-refractivity contribution in [3.05, 3.63) is 39.3 Å². The molecule has 7 heteroatoms. The van der Waals surface area contributed by atoms with Gasteiger partial charge in [0.2, 0.25) is 5.89 Å². The fourth-order valence-electron chi connectivity index (χ4n) is 2.48. The van der Waals surface area contributed by atoms with Crippen LogP contribution in [0.4, 0.5) is 0 Å². The molecule has 6 nitrogen and oxygen atoms in total. The maximum absolute atomic E-state index is 12.4. The summed E-state index contributed by atoms with van der Waals surface area (Å²) in [5.74, 6) is 1.64. The Bertz CT molecular complexity index is 859. The lowest BCUT2D eigenvalue weighted by Crippen LogP contribution is -2.21. The average Bonchev–Trinajstić information content (AvgIpc) is 2.99. The van der Waals surface area contributed by atoms with E-state index >= 15 is 0 Å². The van der Waals surface area contributed by atoms with Gasteiger partial charge in [0.25, 0.3) is 5.56 Å². The molecule has 1 fully saturated rings. The van der Waals surface area contributed by atoms with Crippen molar-refractivity contribution in [2.75, 3.05) is 0 Å². The summed E-state index contributed by atoms with van der Waals surface area (Å²) in [6, 6.07) is 0. The molecular weight excluding hydrogens is 288 g/mol. The number of rotatable bonds is 3. The topological polar surface area (TPSA) is 73.8 Å². The van der Waals surface area contributed by atoms with Crippen LogP contribution in [0, 0.1) is 6.92 Å². The van der Waals surface area contributed by atoms with Gasteiger partial charge in [-0.3, -0.25) is 9.36 Å². The van der Waals surface area contributed by atoms with Gasteiger partial charge in [0.05, 0.1) is 18.4 Å². The summed E-state index contributed by atoms with van der Waals surface area (Å²) in [7, 11) is 0. The SMILES string of the molecule is Cc1csc2c(=O)n(Cc3noc(C4CCC4)n3)cnc12. The maximum atomic E-state index is 12.4. The molecule has 0 bridgehead atoms. The fourth-order valence-corrected chi connectivity index (χ4v) is 3.43. The first-order valence-electron chi connectivity index (χ1n) is 6.98. The molecular formula is C14H14N4O2S. The summed E-state index contributed by atoms with van der Waals surface area (Å²) in [5, 5.41) is 5.92. The first kappa shape index (κ1) is 12.7. The van der Waals surface area contributed by atoms with Crippen molar-refractivity contribution in [2.24, 2.45) is 0 Å². The van der Waals surface area contributed by atoms with Crippen molar-refractivity contribution in [1.29, 1.82) is 0 Å². The Hall–Kier alpha value is -2.02. The minimum absolute atomic E-state index is 0.0481. The van der Waals surface area contributed by atoms with E-state index in [2.05, 4.69) is 15.1 Å². The van der Waals surface area contributed by atoms with E-state index in [9.17, 15) is 4.79 Å². The van der Waals surface area contributed by atoms with Crippen LogP contribution >= 0.6 is 11.3 Å². The largest absolute Gasteiger partial charge is 0.339 e. The molecule has 3 heterocycles. The molecule has 3 aromatic rings. The van der Waals surface area contributed by atoms with Crippen LogP contribution in [0.25, 0.3) is 10.2 Å². The second-order valence-electron chi connectivity index (χ2n) is 5.45. The summed E-state index contributed by atoms with van der Waals surface area (Å²) < 4.78 is 7.49. The molecule has 0 amide bonds. The number of hydrogen-bond acceptors (Lipinski definition) is 6. The summed E-state index contributed by atoms with van der Waals surface area (Å²) in [6.45, 7) is 2.26. The molecule has 0 N–H and O–H groups in total. The third kappa shape index (κ3) is 2.08. The van der Waals surface area contributed by atoms with Crippen LogP contribution in [0.5, 0.6) is 0 Å². The molecule has 0 saturated heterocycles. The molecule has 0 radical (unpaired) electrons. The lowest BCUT2D eigenvalue weighted by Gasteiger charge is -2.20. The van der Waals surface area contributed by atoms with Gasteiger partial charge in [-0.15, -0.1) is 11.3 Å². The number of nitrogens with zero attached hydrogens (tertiary/aromatic N) is 4. The van der Waals surface area contributed by atoms with Gasteiger partial charge in [-0.25, -0.2) is 4.98 Å². The van der Waals surface area contributed by atoms with Gasteiger partial charge in [-0.2, -0.15) is 4.98 Å². The molecule has 21 heavy (non-hydrogen) atoms. The molecule has 108 valence electrons. The molecule has 0 aliphatic heterocycles. The van der Waals surface area contributed by atoms with E-state index in [1.165, 1.54) is 22.3 Å². The predicted octanol–water partition coefficient (Wildman–Crippen LogP) is 2.47. The van der Waals surface area contributed by atoms with Crippen LogP contribution < -0.4 is 5.56 Å². The Morgan fingerprint density at radius 1 is 1.48 bits per heavy atom. The van der Waals surface area contributed by atoms with E-state index in [-0.39, 0.29) is 5.56 Å². The van der Waals surface area contributed by atoms with Crippen LogP contribution in [0.15, 0.2) is 21.0 Å². The highest BCUT2D eigenvalue weighted by Crippen LogP contribution is 2.35. The zero-order chi connectivity index (χ0) is 14.4. The summed E-state index contributed by atoms with van der Waals surface area (Å²) in [6.07, 6.45) is 5.01. The Morgan fingerprint density at radius 3 is 3.10 bits per heavy atom. The second-order valence-corrected chi connectivity index (χ2v) is 6.33. The third-order valence-electron chi connectivity index (χ3n) is 3.97. The van der Waals surface area contributed by atoms with Crippen molar-refractivity contribution in [2.45, 2.75) is 38.6 Å². The zero-order valence-corrected chi connectivity index (χ0v) is 12.4. The molecule has 1 aliphatic rings. The van der Waals surface area contributed by atoms with E-state index in [4.69, 9.17) is 4.52 Å². The van der Waals surface area contributed by atoms with Gasteiger partial charge in [-0.05, 0) is 30.7 Å². The van der Waals surface area contributed by atoms with Crippen LogP contribution in [-0.4, -0.2) is 19.7 Å². The van der Waals surface area contributed by atoms with Gasteiger partial charge in [-0.1, -0.05) is 11.6 Å². The summed E-state index contributed by atoms with van der Waals surface area (Å²) in [5.41, 5.74) is 1.77. The van der Waals surface area contributed by atoms with E-state index < -0.39 is 0 Å².